The predicted molar refractivity (Wildman–Crippen MR) is 119 cm³/mol. The van der Waals surface area contributed by atoms with Gasteiger partial charge in [0.2, 0.25) is 0 Å². The molecule has 138 valence electrons. The number of benzene rings is 1. The first-order chi connectivity index (χ1) is 11.5. The zero-order valence-corrected chi connectivity index (χ0v) is 19.5. The van der Waals surface area contributed by atoms with Gasteiger partial charge in [0, 0.05) is 11.9 Å². The molecule has 8 heteroatoms. The van der Waals surface area contributed by atoms with Gasteiger partial charge in [0.05, 0.1) is 23.3 Å². The summed E-state index contributed by atoms with van der Waals surface area (Å²) >= 11 is 5.20. The summed E-state index contributed by atoms with van der Waals surface area (Å²) in [5, 5.41) is 7.62. The van der Waals surface area contributed by atoms with E-state index in [1.54, 1.807) is 18.4 Å². The Labute approximate surface area is 178 Å². The summed E-state index contributed by atoms with van der Waals surface area (Å²) in [6.07, 6.45) is 0.00611. The van der Waals surface area contributed by atoms with Crippen LogP contribution in [-0.2, 0) is 6.54 Å². The standard InChI is InChI=1S/C17H23BrN4OS.HI/c1-11(23-15-8-6-5-7-14(15)18)9-20-17(19-4)21-10-16-22-12(2)13(3)24-16;/h5-8,11H,9-10H2,1-4H3,(H2,19,20,21);1H. The van der Waals surface area contributed by atoms with E-state index in [1.165, 1.54) is 4.88 Å². The van der Waals surface area contributed by atoms with Gasteiger partial charge < -0.3 is 15.4 Å². The second kappa shape index (κ2) is 11.0. The largest absolute Gasteiger partial charge is 0.488 e. The maximum Gasteiger partial charge on any atom is 0.191 e. The van der Waals surface area contributed by atoms with E-state index in [2.05, 4.69) is 43.5 Å². The fourth-order valence-electron chi connectivity index (χ4n) is 2.03. The molecule has 0 fully saturated rings. The van der Waals surface area contributed by atoms with Gasteiger partial charge in [-0.3, -0.25) is 4.99 Å². The molecule has 0 aliphatic rings. The third-order valence-electron chi connectivity index (χ3n) is 3.43. The summed E-state index contributed by atoms with van der Waals surface area (Å²) in [5.74, 6) is 1.58. The molecular weight excluding hydrogens is 515 g/mol. The van der Waals surface area contributed by atoms with Crippen LogP contribution in [-0.4, -0.2) is 30.6 Å². The second-order valence-corrected chi connectivity index (χ2v) is 7.56. The number of nitrogens with zero attached hydrogens (tertiary/aromatic N) is 2. The first kappa shape index (κ1) is 22.2. The molecule has 2 aromatic rings. The number of ether oxygens (including phenoxy) is 1. The van der Waals surface area contributed by atoms with Crippen molar-refractivity contribution in [3.8, 4) is 5.75 Å². The van der Waals surface area contributed by atoms with E-state index in [4.69, 9.17) is 4.74 Å². The number of nitrogens with one attached hydrogen (secondary N) is 2. The van der Waals surface area contributed by atoms with Gasteiger partial charge in [0.15, 0.2) is 5.96 Å². The number of para-hydroxylation sites is 1. The first-order valence-corrected chi connectivity index (χ1v) is 9.39. The average molecular weight is 539 g/mol. The number of hydrogen-bond donors (Lipinski definition) is 2. The number of aliphatic imine (C=N–C) groups is 1. The minimum Gasteiger partial charge on any atom is -0.488 e. The molecule has 2 N–H and O–H groups in total. The topological polar surface area (TPSA) is 58.5 Å². The number of hydrogen-bond acceptors (Lipinski definition) is 4. The fourth-order valence-corrected chi connectivity index (χ4v) is 3.29. The molecule has 1 heterocycles. The van der Waals surface area contributed by atoms with Crippen molar-refractivity contribution in [3.63, 3.8) is 0 Å². The lowest BCUT2D eigenvalue weighted by atomic mass is 10.3. The van der Waals surface area contributed by atoms with Crippen molar-refractivity contribution < 1.29 is 4.74 Å². The monoisotopic (exact) mass is 538 g/mol. The Balaban J connectivity index is 0.00000312. The molecule has 1 aromatic carbocycles. The maximum atomic E-state index is 5.92. The summed E-state index contributed by atoms with van der Waals surface area (Å²) in [5.41, 5.74) is 1.09. The third-order valence-corrected chi connectivity index (χ3v) is 5.15. The number of thiazole rings is 1. The Morgan fingerprint density at radius 2 is 2.04 bits per heavy atom. The van der Waals surface area contributed by atoms with Gasteiger partial charge in [-0.25, -0.2) is 4.98 Å². The smallest absolute Gasteiger partial charge is 0.191 e. The summed E-state index contributed by atoms with van der Waals surface area (Å²) in [6, 6.07) is 7.83. The maximum absolute atomic E-state index is 5.92. The average Bonchev–Trinajstić information content (AvgIpc) is 2.88. The highest BCUT2D eigenvalue weighted by atomic mass is 127. The van der Waals surface area contributed by atoms with Crippen LogP contribution in [0.2, 0.25) is 0 Å². The molecule has 0 spiro atoms. The molecule has 2 rings (SSSR count). The van der Waals surface area contributed by atoms with Gasteiger partial charge in [-0.1, -0.05) is 12.1 Å². The number of aromatic nitrogens is 1. The van der Waals surface area contributed by atoms with Crippen molar-refractivity contribution in [2.24, 2.45) is 4.99 Å². The normalized spacial score (nSPS) is 12.3. The second-order valence-electron chi connectivity index (χ2n) is 5.41. The Bertz CT molecular complexity index is 688. The van der Waals surface area contributed by atoms with Gasteiger partial charge in [0.25, 0.3) is 0 Å². The lowest BCUT2D eigenvalue weighted by Crippen LogP contribution is -2.41. The summed E-state index contributed by atoms with van der Waals surface area (Å²) in [6.45, 7) is 7.45. The zero-order valence-electron chi connectivity index (χ0n) is 14.8. The van der Waals surface area contributed by atoms with Crippen molar-refractivity contribution >= 4 is 57.2 Å². The van der Waals surface area contributed by atoms with Gasteiger partial charge >= 0.3 is 0 Å². The molecule has 0 aliphatic heterocycles. The van der Waals surface area contributed by atoms with E-state index < -0.39 is 0 Å². The quantitative estimate of drug-likeness (QED) is 0.327. The van der Waals surface area contributed by atoms with E-state index in [9.17, 15) is 0 Å². The summed E-state index contributed by atoms with van der Waals surface area (Å²) in [7, 11) is 1.76. The molecule has 0 saturated carbocycles. The van der Waals surface area contributed by atoms with Crippen LogP contribution < -0.4 is 15.4 Å². The highest BCUT2D eigenvalue weighted by Gasteiger charge is 2.09. The van der Waals surface area contributed by atoms with Crippen molar-refractivity contribution in [1.29, 1.82) is 0 Å². The number of rotatable bonds is 6. The van der Waals surface area contributed by atoms with E-state index in [0.717, 1.165) is 26.9 Å². The number of aryl methyl sites for hydroxylation is 2. The van der Waals surface area contributed by atoms with Gasteiger partial charge in [0.1, 0.15) is 16.9 Å². The van der Waals surface area contributed by atoms with Crippen molar-refractivity contribution in [1.82, 2.24) is 15.6 Å². The van der Waals surface area contributed by atoms with Crippen LogP contribution in [0, 0.1) is 13.8 Å². The molecule has 0 amide bonds. The summed E-state index contributed by atoms with van der Waals surface area (Å²) in [4.78, 5) is 10.0. The Morgan fingerprint density at radius 1 is 1.32 bits per heavy atom. The van der Waals surface area contributed by atoms with Crippen molar-refractivity contribution in [2.45, 2.75) is 33.4 Å². The van der Waals surface area contributed by atoms with E-state index in [-0.39, 0.29) is 30.1 Å². The predicted octanol–water partition coefficient (Wildman–Crippen LogP) is 4.27. The number of halogens is 2. The highest BCUT2D eigenvalue weighted by molar-refractivity contribution is 14.0. The Hall–Kier alpha value is -0.870. The molecule has 0 aliphatic carbocycles. The van der Waals surface area contributed by atoms with Crippen molar-refractivity contribution in [3.05, 3.63) is 44.3 Å². The molecule has 0 bridgehead atoms. The minimum atomic E-state index is 0. The van der Waals surface area contributed by atoms with E-state index in [0.29, 0.717) is 13.1 Å². The molecular formula is C17H24BrIN4OS. The SMILES string of the molecule is CN=C(NCc1nc(C)c(C)s1)NCC(C)Oc1ccccc1Br.I. The Morgan fingerprint density at radius 3 is 2.64 bits per heavy atom. The lowest BCUT2D eigenvalue weighted by molar-refractivity contribution is 0.222. The molecule has 0 radical (unpaired) electrons. The zero-order chi connectivity index (χ0) is 17.5. The van der Waals surface area contributed by atoms with E-state index >= 15 is 0 Å². The minimum absolute atomic E-state index is 0. The molecule has 0 saturated heterocycles. The van der Waals surface area contributed by atoms with Gasteiger partial charge in [-0.05, 0) is 48.8 Å². The van der Waals surface area contributed by atoms with Gasteiger partial charge in [-0.15, -0.1) is 35.3 Å². The molecule has 1 atom stereocenters. The van der Waals surface area contributed by atoms with Gasteiger partial charge in [-0.2, -0.15) is 0 Å². The van der Waals surface area contributed by atoms with Crippen molar-refractivity contribution in [2.75, 3.05) is 13.6 Å². The fraction of sp³-hybridized carbons (Fsp3) is 0.412. The Kier molecular flexibility index (Phi) is 9.73. The van der Waals surface area contributed by atoms with Crippen LogP contribution in [0.5, 0.6) is 5.75 Å². The van der Waals surface area contributed by atoms with Crippen LogP contribution in [0.3, 0.4) is 0 Å². The van der Waals surface area contributed by atoms with Crippen LogP contribution in [0.1, 0.15) is 22.5 Å². The summed E-state index contributed by atoms with van der Waals surface area (Å²) < 4.78 is 6.87. The lowest BCUT2D eigenvalue weighted by Gasteiger charge is -2.18. The molecule has 1 aromatic heterocycles. The number of guanidine groups is 1. The van der Waals surface area contributed by atoms with Crippen LogP contribution in [0.25, 0.3) is 0 Å². The van der Waals surface area contributed by atoms with Crippen LogP contribution >= 0.6 is 51.2 Å². The highest BCUT2D eigenvalue weighted by Crippen LogP contribution is 2.24. The molecule has 5 nitrogen and oxygen atoms in total. The van der Waals surface area contributed by atoms with Crippen LogP contribution in [0.4, 0.5) is 0 Å². The van der Waals surface area contributed by atoms with Crippen LogP contribution in [0.15, 0.2) is 33.7 Å². The first-order valence-electron chi connectivity index (χ1n) is 7.78. The third kappa shape index (κ3) is 7.10. The molecule has 1 unspecified atom stereocenters. The van der Waals surface area contributed by atoms with E-state index in [1.807, 2.05) is 38.1 Å². The molecule has 25 heavy (non-hydrogen) atoms.